The van der Waals surface area contributed by atoms with Crippen LogP contribution in [0.15, 0.2) is 24.3 Å². The molecule has 7 heteroatoms. The number of nitrogens with two attached hydrogens (primary N) is 1. The van der Waals surface area contributed by atoms with Gasteiger partial charge in [0.25, 0.3) is 0 Å². The molecule has 1 unspecified atom stereocenters. The van der Waals surface area contributed by atoms with Gasteiger partial charge in [-0.2, -0.15) is 0 Å². The standard InChI is InChI=1S/C20H25N3O4/c1-20(2,3)27-19(26)14-7-8-16-22-17(15(10-21)23(16)11-14)12-5-4-6-13(9-12)18(24)25/h4-6,9,14H,7-8,10-11,21H2,1-3H3,(H,24,25). The van der Waals surface area contributed by atoms with Crippen molar-refractivity contribution in [3.63, 3.8) is 0 Å². The van der Waals surface area contributed by atoms with Crippen molar-refractivity contribution in [3.8, 4) is 11.3 Å². The van der Waals surface area contributed by atoms with Crippen molar-refractivity contribution in [2.75, 3.05) is 0 Å². The lowest BCUT2D eigenvalue weighted by Gasteiger charge is -2.27. The van der Waals surface area contributed by atoms with E-state index < -0.39 is 11.6 Å². The highest BCUT2D eigenvalue weighted by atomic mass is 16.6. The van der Waals surface area contributed by atoms with Gasteiger partial charge in [-0.25, -0.2) is 9.78 Å². The Labute approximate surface area is 158 Å². The maximum Gasteiger partial charge on any atom is 0.335 e. The summed E-state index contributed by atoms with van der Waals surface area (Å²) in [4.78, 5) is 28.4. The van der Waals surface area contributed by atoms with Gasteiger partial charge >= 0.3 is 11.9 Å². The first-order chi connectivity index (χ1) is 12.7. The first kappa shape index (κ1) is 19.1. The second-order valence-electron chi connectivity index (χ2n) is 7.79. The van der Waals surface area contributed by atoms with Crippen molar-refractivity contribution < 1.29 is 19.4 Å². The van der Waals surface area contributed by atoms with Gasteiger partial charge in [0, 0.05) is 25.1 Å². The van der Waals surface area contributed by atoms with E-state index in [0.717, 1.165) is 11.5 Å². The van der Waals surface area contributed by atoms with E-state index in [1.165, 1.54) is 0 Å². The van der Waals surface area contributed by atoms with Gasteiger partial charge in [0.1, 0.15) is 11.4 Å². The summed E-state index contributed by atoms with van der Waals surface area (Å²) in [5, 5.41) is 9.23. The summed E-state index contributed by atoms with van der Waals surface area (Å²) in [6, 6.07) is 6.66. The minimum Gasteiger partial charge on any atom is -0.478 e. The van der Waals surface area contributed by atoms with Crippen LogP contribution < -0.4 is 5.73 Å². The number of aromatic nitrogens is 2. The number of carboxylic acid groups (broad SMARTS) is 1. The number of carbonyl (C=O) groups is 2. The molecule has 2 aromatic rings. The minimum atomic E-state index is -0.986. The zero-order chi connectivity index (χ0) is 19.8. The number of hydrogen-bond donors (Lipinski definition) is 2. The number of fused-ring (bicyclic) bond motifs is 1. The topological polar surface area (TPSA) is 107 Å². The fourth-order valence-corrected chi connectivity index (χ4v) is 3.37. The van der Waals surface area contributed by atoms with Gasteiger partial charge in [0.2, 0.25) is 0 Å². The van der Waals surface area contributed by atoms with Crippen LogP contribution in [-0.2, 0) is 29.0 Å². The van der Waals surface area contributed by atoms with E-state index in [-0.39, 0.29) is 24.0 Å². The maximum atomic E-state index is 12.5. The van der Waals surface area contributed by atoms with Crippen LogP contribution in [0.4, 0.5) is 0 Å². The highest BCUT2D eigenvalue weighted by molar-refractivity contribution is 5.89. The van der Waals surface area contributed by atoms with Crippen molar-refractivity contribution >= 4 is 11.9 Å². The number of aryl methyl sites for hydroxylation is 1. The van der Waals surface area contributed by atoms with Crippen LogP contribution in [0.3, 0.4) is 0 Å². The van der Waals surface area contributed by atoms with Gasteiger partial charge in [0.05, 0.1) is 22.9 Å². The van der Waals surface area contributed by atoms with E-state index in [0.29, 0.717) is 30.6 Å². The molecule has 0 spiro atoms. The molecule has 3 rings (SSSR count). The highest BCUT2D eigenvalue weighted by Gasteiger charge is 2.31. The average Bonchev–Trinajstić information content (AvgIpc) is 2.98. The van der Waals surface area contributed by atoms with Crippen LogP contribution in [-0.4, -0.2) is 32.2 Å². The molecular formula is C20H25N3O4. The number of rotatable bonds is 4. The summed E-state index contributed by atoms with van der Waals surface area (Å²) in [7, 11) is 0. The molecule has 3 N–H and O–H groups in total. The number of hydrogen-bond acceptors (Lipinski definition) is 5. The lowest BCUT2D eigenvalue weighted by atomic mass is 9.99. The third kappa shape index (κ3) is 4.03. The Hall–Kier alpha value is -2.67. The highest BCUT2D eigenvalue weighted by Crippen LogP contribution is 2.30. The van der Waals surface area contributed by atoms with Crippen molar-refractivity contribution in [2.45, 2.75) is 52.3 Å². The first-order valence-electron chi connectivity index (χ1n) is 9.04. The molecule has 0 saturated carbocycles. The van der Waals surface area contributed by atoms with Crippen molar-refractivity contribution in [3.05, 3.63) is 41.3 Å². The Bertz CT molecular complexity index is 880. The van der Waals surface area contributed by atoms with Crippen LogP contribution in [0.1, 0.15) is 49.1 Å². The van der Waals surface area contributed by atoms with E-state index in [4.69, 9.17) is 15.5 Å². The van der Waals surface area contributed by atoms with Gasteiger partial charge in [-0.15, -0.1) is 0 Å². The molecule has 1 atom stereocenters. The third-order valence-electron chi connectivity index (χ3n) is 4.59. The molecule has 0 radical (unpaired) electrons. The summed E-state index contributed by atoms with van der Waals surface area (Å²) >= 11 is 0. The Morgan fingerprint density at radius 1 is 1.37 bits per heavy atom. The van der Waals surface area contributed by atoms with Crippen LogP contribution in [0.5, 0.6) is 0 Å². The minimum absolute atomic E-state index is 0.202. The second kappa shape index (κ2) is 7.15. The summed E-state index contributed by atoms with van der Waals surface area (Å²) in [5.74, 6) is -0.570. The van der Waals surface area contributed by atoms with E-state index in [9.17, 15) is 14.7 Å². The number of nitrogens with zero attached hydrogens (tertiary/aromatic N) is 2. The summed E-state index contributed by atoms with van der Waals surface area (Å²) < 4.78 is 7.52. The SMILES string of the molecule is CC(C)(C)OC(=O)C1CCc2nc(-c3cccc(C(=O)O)c3)c(CN)n2C1. The Balaban J connectivity index is 1.93. The zero-order valence-electron chi connectivity index (χ0n) is 15.9. The van der Waals surface area contributed by atoms with Gasteiger partial charge < -0.3 is 20.1 Å². The molecule has 0 saturated heterocycles. The molecule has 1 aromatic heterocycles. The van der Waals surface area contributed by atoms with Crippen molar-refractivity contribution in [1.82, 2.24) is 9.55 Å². The van der Waals surface area contributed by atoms with Crippen molar-refractivity contribution in [1.29, 1.82) is 0 Å². The van der Waals surface area contributed by atoms with E-state index in [1.807, 2.05) is 31.4 Å². The molecule has 1 aromatic carbocycles. The molecule has 144 valence electrons. The van der Waals surface area contributed by atoms with Gasteiger partial charge in [-0.3, -0.25) is 4.79 Å². The number of imidazole rings is 1. The zero-order valence-corrected chi connectivity index (χ0v) is 15.9. The fraction of sp³-hybridized carbons (Fsp3) is 0.450. The molecule has 0 amide bonds. The number of benzene rings is 1. The summed E-state index contributed by atoms with van der Waals surface area (Å²) in [6.45, 7) is 6.29. The fourth-order valence-electron chi connectivity index (χ4n) is 3.37. The first-order valence-corrected chi connectivity index (χ1v) is 9.04. The molecule has 0 aliphatic carbocycles. The molecule has 0 bridgehead atoms. The Kier molecular flexibility index (Phi) is 5.06. The quantitative estimate of drug-likeness (QED) is 0.800. The predicted molar refractivity (Wildman–Crippen MR) is 100 cm³/mol. The molecule has 1 aliphatic heterocycles. The van der Waals surface area contributed by atoms with Gasteiger partial charge in [-0.1, -0.05) is 12.1 Å². The van der Waals surface area contributed by atoms with E-state index in [1.54, 1.807) is 18.2 Å². The number of carbonyl (C=O) groups excluding carboxylic acids is 1. The second-order valence-corrected chi connectivity index (χ2v) is 7.79. The number of carboxylic acids is 1. The van der Waals surface area contributed by atoms with Crippen LogP contribution in [0.25, 0.3) is 11.3 Å². The third-order valence-corrected chi connectivity index (χ3v) is 4.59. The largest absolute Gasteiger partial charge is 0.478 e. The molecule has 2 heterocycles. The monoisotopic (exact) mass is 371 g/mol. The average molecular weight is 371 g/mol. The smallest absolute Gasteiger partial charge is 0.335 e. The van der Waals surface area contributed by atoms with Crippen LogP contribution in [0, 0.1) is 5.92 Å². The number of ether oxygens (including phenoxy) is 1. The van der Waals surface area contributed by atoms with Crippen LogP contribution in [0.2, 0.25) is 0 Å². The van der Waals surface area contributed by atoms with Crippen molar-refractivity contribution in [2.24, 2.45) is 11.7 Å². The predicted octanol–water partition coefficient (Wildman–Crippen LogP) is 2.61. The molecule has 27 heavy (non-hydrogen) atoms. The molecular weight excluding hydrogens is 346 g/mol. The van der Waals surface area contributed by atoms with E-state index in [2.05, 4.69) is 0 Å². The normalized spacial score (nSPS) is 16.7. The molecule has 1 aliphatic rings. The van der Waals surface area contributed by atoms with Gasteiger partial charge in [-0.05, 0) is 39.3 Å². The Morgan fingerprint density at radius 3 is 2.74 bits per heavy atom. The lowest BCUT2D eigenvalue weighted by molar-refractivity contribution is -0.161. The Morgan fingerprint density at radius 2 is 2.11 bits per heavy atom. The lowest BCUT2D eigenvalue weighted by Crippen LogP contribution is -2.34. The number of aromatic carboxylic acids is 1. The van der Waals surface area contributed by atoms with Crippen LogP contribution >= 0.6 is 0 Å². The van der Waals surface area contributed by atoms with Gasteiger partial charge in [0.15, 0.2) is 0 Å². The summed E-state index contributed by atoms with van der Waals surface area (Å²) in [6.07, 6.45) is 1.32. The van der Waals surface area contributed by atoms with E-state index >= 15 is 0 Å². The summed E-state index contributed by atoms with van der Waals surface area (Å²) in [5.41, 5.74) is 7.87. The molecule has 7 nitrogen and oxygen atoms in total. The molecule has 0 fully saturated rings. The maximum absolute atomic E-state index is 12.5. The number of esters is 1.